The SMILES string of the molecule is C[C@@H]1CCC[C@H](CC(=O)O)N1. The summed E-state index contributed by atoms with van der Waals surface area (Å²) < 4.78 is 0. The minimum Gasteiger partial charge on any atom is -0.481 e. The zero-order valence-electron chi connectivity index (χ0n) is 6.84. The van der Waals surface area contributed by atoms with Gasteiger partial charge in [0.1, 0.15) is 0 Å². The van der Waals surface area contributed by atoms with Crippen LogP contribution in [0.3, 0.4) is 0 Å². The average molecular weight is 157 g/mol. The summed E-state index contributed by atoms with van der Waals surface area (Å²) in [5, 5.41) is 11.8. The van der Waals surface area contributed by atoms with E-state index in [0.717, 1.165) is 12.8 Å². The van der Waals surface area contributed by atoms with Crippen LogP contribution < -0.4 is 5.32 Å². The molecule has 1 saturated heterocycles. The maximum Gasteiger partial charge on any atom is 0.304 e. The largest absolute Gasteiger partial charge is 0.481 e. The van der Waals surface area contributed by atoms with Crippen molar-refractivity contribution in [2.75, 3.05) is 0 Å². The number of nitrogens with one attached hydrogen (secondary N) is 1. The third-order valence-corrected chi connectivity index (χ3v) is 2.13. The molecule has 0 aromatic rings. The van der Waals surface area contributed by atoms with Gasteiger partial charge in [-0.1, -0.05) is 6.42 Å². The van der Waals surface area contributed by atoms with Gasteiger partial charge < -0.3 is 10.4 Å². The first kappa shape index (κ1) is 8.53. The zero-order chi connectivity index (χ0) is 8.27. The maximum atomic E-state index is 10.3. The fourth-order valence-corrected chi connectivity index (χ4v) is 1.61. The standard InChI is InChI=1S/C8H15NO2/c1-6-3-2-4-7(9-6)5-8(10)11/h6-7,9H,2-5H2,1H3,(H,10,11)/t6-,7-/m1/s1. The third kappa shape index (κ3) is 2.89. The molecule has 0 unspecified atom stereocenters. The molecule has 11 heavy (non-hydrogen) atoms. The van der Waals surface area contributed by atoms with Crippen molar-refractivity contribution in [3.63, 3.8) is 0 Å². The van der Waals surface area contributed by atoms with Crippen LogP contribution in [0.1, 0.15) is 32.6 Å². The van der Waals surface area contributed by atoms with Crippen molar-refractivity contribution in [1.29, 1.82) is 0 Å². The molecule has 0 aromatic heterocycles. The van der Waals surface area contributed by atoms with Gasteiger partial charge in [0.2, 0.25) is 0 Å². The number of carboxylic acids is 1. The smallest absolute Gasteiger partial charge is 0.304 e. The summed E-state index contributed by atoms with van der Waals surface area (Å²) in [5.41, 5.74) is 0. The Morgan fingerprint density at radius 3 is 2.91 bits per heavy atom. The van der Waals surface area contributed by atoms with Crippen LogP contribution >= 0.6 is 0 Å². The summed E-state index contributed by atoms with van der Waals surface area (Å²) in [6.45, 7) is 2.11. The third-order valence-electron chi connectivity index (χ3n) is 2.13. The average Bonchev–Trinajstić information content (AvgIpc) is 1.85. The molecule has 3 nitrogen and oxygen atoms in total. The molecule has 2 N–H and O–H groups in total. The van der Waals surface area contributed by atoms with Crippen LogP contribution in [0.5, 0.6) is 0 Å². The molecule has 0 bridgehead atoms. The number of rotatable bonds is 2. The van der Waals surface area contributed by atoms with Gasteiger partial charge in [-0.3, -0.25) is 4.79 Å². The maximum absolute atomic E-state index is 10.3. The Morgan fingerprint density at radius 1 is 1.64 bits per heavy atom. The second-order valence-corrected chi connectivity index (χ2v) is 3.29. The normalized spacial score (nSPS) is 31.7. The van der Waals surface area contributed by atoms with E-state index in [1.807, 2.05) is 0 Å². The van der Waals surface area contributed by atoms with Crippen molar-refractivity contribution < 1.29 is 9.90 Å². The molecule has 1 aliphatic rings. The van der Waals surface area contributed by atoms with E-state index in [1.165, 1.54) is 6.42 Å². The number of carbonyl (C=O) groups is 1. The lowest BCUT2D eigenvalue weighted by molar-refractivity contribution is -0.137. The van der Waals surface area contributed by atoms with Gasteiger partial charge in [-0.25, -0.2) is 0 Å². The molecule has 2 atom stereocenters. The van der Waals surface area contributed by atoms with E-state index in [1.54, 1.807) is 0 Å². The molecule has 0 saturated carbocycles. The number of aliphatic carboxylic acids is 1. The summed E-state index contributed by atoms with van der Waals surface area (Å²) in [6.07, 6.45) is 3.61. The highest BCUT2D eigenvalue weighted by molar-refractivity contribution is 5.67. The Kier molecular flexibility index (Phi) is 2.88. The van der Waals surface area contributed by atoms with E-state index in [9.17, 15) is 4.79 Å². The molecule has 1 aliphatic heterocycles. The van der Waals surface area contributed by atoms with E-state index < -0.39 is 5.97 Å². The van der Waals surface area contributed by atoms with Crippen LogP contribution in [0.15, 0.2) is 0 Å². The Morgan fingerprint density at radius 2 is 2.36 bits per heavy atom. The molecular formula is C8H15NO2. The minimum atomic E-state index is -0.698. The molecule has 0 aliphatic carbocycles. The summed E-state index contributed by atoms with van der Waals surface area (Å²) in [4.78, 5) is 10.3. The zero-order valence-corrected chi connectivity index (χ0v) is 6.84. The lowest BCUT2D eigenvalue weighted by Crippen LogP contribution is -2.41. The monoisotopic (exact) mass is 157 g/mol. The van der Waals surface area contributed by atoms with Gasteiger partial charge in [0.05, 0.1) is 6.42 Å². The first-order valence-electron chi connectivity index (χ1n) is 4.16. The predicted molar refractivity (Wildman–Crippen MR) is 42.5 cm³/mol. The number of hydrogen-bond donors (Lipinski definition) is 2. The molecule has 0 radical (unpaired) electrons. The molecule has 1 fully saturated rings. The predicted octanol–water partition coefficient (Wildman–Crippen LogP) is 0.992. The van der Waals surface area contributed by atoms with Crippen LogP contribution in [-0.4, -0.2) is 23.2 Å². The summed E-state index contributed by atoms with van der Waals surface area (Å²) in [5.74, 6) is -0.698. The van der Waals surface area contributed by atoms with E-state index >= 15 is 0 Å². The first-order chi connectivity index (χ1) is 5.18. The topological polar surface area (TPSA) is 49.3 Å². The van der Waals surface area contributed by atoms with Gasteiger partial charge in [-0.15, -0.1) is 0 Å². The van der Waals surface area contributed by atoms with Crippen LogP contribution in [-0.2, 0) is 4.79 Å². The molecule has 1 heterocycles. The van der Waals surface area contributed by atoms with Crippen molar-refractivity contribution in [2.24, 2.45) is 0 Å². The van der Waals surface area contributed by atoms with Crippen molar-refractivity contribution in [2.45, 2.75) is 44.7 Å². The fraction of sp³-hybridized carbons (Fsp3) is 0.875. The first-order valence-corrected chi connectivity index (χ1v) is 4.16. The number of carboxylic acid groups (broad SMARTS) is 1. The Bertz CT molecular complexity index is 147. The summed E-state index contributed by atoms with van der Waals surface area (Å²) in [6, 6.07) is 0.698. The molecule has 1 rings (SSSR count). The lowest BCUT2D eigenvalue weighted by Gasteiger charge is -2.27. The highest BCUT2D eigenvalue weighted by Crippen LogP contribution is 2.14. The Balaban J connectivity index is 2.28. The second kappa shape index (κ2) is 3.72. The van der Waals surface area contributed by atoms with E-state index in [2.05, 4.69) is 12.2 Å². The lowest BCUT2D eigenvalue weighted by atomic mass is 9.98. The molecular weight excluding hydrogens is 142 g/mol. The van der Waals surface area contributed by atoms with Gasteiger partial charge in [0.25, 0.3) is 0 Å². The number of piperidine rings is 1. The van der Waals surface area contributed by atoms with Gasteiger partial charge in [-0.05, 0) is 19.8 Å². The van der Waals surface area contributed by atoms with Crippen LogP contribution in [0.2, 0.25) is 0 Å². The van der Waals surface area contributed by atoms with Crippen LogP contribution in [0.4, 0.5) is 0 Å². The molecule has 0 spiro atoms. The molecule has 0 aromatic carbocycles. The van der Waals surface area contributed by atoms with Gasteiger partial charge in [0.15, 0.2) is 0 Å². The molecule has 64 valence electrons. The van der Waals surface area contributed by atoms with Crippen molar-refractivity contribution in [3.8, 4) is 0 Å². The van der Waals surface area contributed by atoms with Gasteiger partial charge in [-0.2, -0.15) is 0 Å². The van der Waals surface area contributed by atoms with E-state index in [0.29, 0.717) is 6.04 Å². The van der Waals surface area contributed by atoms with Crippen molar-refractivity contribution in [3.05, 3.63) is 0 Å². The molecule has 3 heteroatoms. The number of hydrogen-bond acceptors (Lipinski definition) is 2. The summed E-state index contributed by atoms with van der Waals surface area (Å²) in [7, 11) is 0. The quantitative estimate of drug-likeness (QED) is 0.628. The van der Waals surface area contributed by atoms with Crippen molar-refractivity contribution in [1.82, 2.24) is 5.32 Å². The van der Waals surface area contributed by atoms with Crippen LogP contribution in [0.25, 0.3) is 0 Å². The summed E-state index contributed by atoms with van der Waals surface area (Å²) >= 11 is 0. The Labute approximate surface area is 66.8 Å². The van der Waals surface area contributed by atoms with Crippen molar-refractivity contribution >= 4 is 5.97 Å². The van der Waals surface area contributed by atoms with Gasteiger partial charge >= 0.3 is 5.97 Å². The highest BCUT2D eigenvalue weighted by atomic mass is 16.4. The van der Waals surface area contributed by atoms with E-state index in [4.69, 9.17) is 5.11 Å². The highest BCUT2D eigenvalue weighted by Gasteiger charge is 2.19. The minimum absolute atomic E-state index is 0.205. The molecule has 0 amide bonds. The fourth-order valence-electron chi connectivity index (χ4n) is 1.61. The van der Waals surface area contributed by atoms with Crippen LogP contribution in [0, 0.1) is 0 Å². The van der Waals surface area contributed by atoms with E-state index in [-0.39, 0.29) is 12.5 Å². The van der Waals surface area contributed by atoms with Gasteiger partial charge in [0, 0.05) is 12.1 Å². The Hall–Kier alpha value is -0.570. The second-order valence-electron chi connectivity index (χ2n) is 3.29.